The van der Waals surface area contributed by atoms with E-state index < -0.39 is 0 Å². The van der Waals surface area contributed by atoms with Gasteiger partial charge in [-0.05, 0) is 31.0 Å². The van der Waals surface area contributed by atoms with Gasteiger partial charge < -0.3 is 19.3 Å². The van der Waals surface area contributed by atoms with Gasteiger partial charge in [-0.2, -0.15) is 0 Å². The van der Waals surface area contributed by atoms with Crippen LogP contribution in [-0.2, 0) is 4.79 Å². The zero-order chi connectivity index (χ0) is 17.9. The lowest BCUT2D eigenvalue weighted by Crippen LogP contribution is -2.51. The third kappa shape index (κ3) is 3.50. The molecule has 0 unspecified atom stereocenters. The second kappa shape index (κ2) is 7.56. The van der Waals surface area contributed by atoms with E-state index >= 15 is 0 Å². The van der Waals surface area contributed by atoms with Crippen molar-refractivity contribution >= 4 is 11.8 Å². The predicted molar refractivity (Wildman–Crippen MR) is 96.5 cm³/mol. The van der Waals surface area contributed by atoms with E-state index in [-0.39, 0.29) is 17.7 Å². The molecule has 4 rings (SSSR count). The average molecular weight is 358 g/mol. The molecule has 1 saturated carbocycles. The summed E-state index contributed by atoms with van der Waals surface area (Å²) in [6.45, 7) is 3.68. The number of nitrogens with zero attached hydrogens (tertiary/aromatic N) is 2. The Balaban J connectivity index is 1.37. The first-order valence-corrected chi connectivity index (χ1v) is 9.70. The maximum atomic E-state index is 12.8. The number of amides is 2. The van der Waals surface area contributed by atoms with Crippen molar-refractivity contribution in [1.29, 1.82) is 0 Å². The molecule has 1 aromatic rings. The Morgan fingerprint density at radius 3 is 2.23 bits per heavy atom. The van der Waals surface area contributed by atoms with Crippen LogP contribution in [0, 0.1) is 5.92 Å². The van der Waals surface area contributed by atoms with E-state index in [1.165, 1.54) is 12.8 Å². The first kappa shape index (κ1) is 17.2. The molecule has 6 heteroatoms. The first-order chi connectivity index (χ1) is 12.7. The maximum Gasteiger partial charge on any atom is 0.254 e. The number of carbonyl (C=O) groups excluding carboxylic acids is 2. The van der Waals surface area contributed by atoms with Gasteiger partial charge in [0.05, 0.1) is 13.2 Å². The Kier molecular flexibility index (Phi) is 5.00. The molecular formula is C20H26N2O4. The summed E-state index contributed by atoms with van der Waals surface area (Å²) >= 11 is 0. The topological polar surface area (TPSA) is 59.1 Å². The predicted octanol–water partition coefficient (Wildman–Crippen LogP) is 2.32. The van der Waals surface area contributed by atoms with Gasteiger partial charge >= 0.3 is 0 Å². The van der Waals surface area contributed by atoms with Crippen LogP contribution in [0.5, 0.6) is 11.5 Å². The molecule has 1 aliphatic carbocycles. The largest absolute Gasteiger partial charge is 0.490 e. The summed E-state index contributed by atoms with van der Waals surface area (Å²) in [5.74, 6) is 1.83. The Morgan fingerprint density at radius 2 is 1.50 bits per heavy atom. The summed E-state index contributed by atoms with van der Waals surface area (Å²) in [5, 5.41) is 0. The smallest absolute Gasteiger partial charge is 0.254 e. The fourth-order valence-electron chi connectivity index (χ4n) is 4.04. The van der Waals surface area contributed by atoms with Crippen LogP contribution in [0.15, 0.2) is 18.2 Å². The molecule has 0 spiro atoms. The minimum atomic E-state index is -0.00591. The highest BCUT2D eigenvalue weighted by atomic mass is 16.5. The Hall–Kier alpha value is -2.24. The van der Waals surface area contributed by atoms with Crippen LogP contribution in [-0.4, -0.2) is 61.0 Å². The summed E-state index contributed by atoms with van der Waals surface area (Å²) in [4.78, 5) is 29.1. The Morgan fingerprint density at radius 1 is 0.846 bits per heavy atom. The number of hydrogen-bond acceptors (Lipinski definition) is 4. The zero-order valence-corrected chi connectivity index (χ0v) is 15.1. The molecule has 140 valence electrons. The van der Waals surface area contributed by atoms with Crippen molar-refractivity contribution in [3.8, 4) is 11.5 Å². The van der Waals surface area contributed by atoms with Crippen molar-refractivity contribution in [2.45, 2.75) is 32.1 Å². The van der Waals surface area contributed by atoms with Crippen molar-refractivity contribution < 1.29 is 19.1 Å². The quantitative estimate of drug-likeness (QED) is 0.814. The van der Waals surface area contributed by atoms with Gasteiger partial charge in [-0.3, -0.25) is 9.59 Å². The van der Waals surface area contributed by atoms with Crippen LogP contribution in [0.1, 0.15) is 42.5 Å². The van der Waals surface area contributed by atoms with Gasteiger partial charge in [-0.15, -0.1) is 0 Å². The van der Waals surface area contributed by atoms with Crippen LogP contribution in [0.3, 0.4) is 0 Å². The number of carbonyl (C=O) groups is 2. The van der Waals surface area contributed by atoms with Crippen LogP contribution < -0.4 is 9.47 Å². The molecule has 3 aliphatic rings. The van der Waals surface area contributed by atoms with Crippen molar-refractivity contribution in [2.75, 3.05) is 39.4 Å². The van der Waals surface area contributed by atoms with E-state index in [9.17, 15) is 9.59 Å². The van der Waals surface area contributed by atoms with E-state index in [0.717, 1.165) is 19.3 Å². The van der Waals surface area contributed by atoms with E-state index in [4.69, 9.17) is 9.47 Å². The molecule has 0 bridgehead atoms. The third-order valence-electron chi connectivity index (χ3n) is 5.58. The maximum absolute atomic E-state index is 12.8. The van der Waals surface area contributed by atoms with E-state index in [0.29, 0.717) is 56.5 Å². The molecule has 2 amide bonds. The second-order valence-electron chi connectivity index (χ2n) is 7.31. The number of rotatable bonds is 2. The van der Waals surface area contributed by atoms with E-state index in [2.05, 4.69) is 0 Å². The highest BCUT2D eigenvalue weighted by Gasteiger charge is 2.31. The molecule has 2 fully saturated rings. The molecule has 2 heterocycles. The molecule has 26 heavy (non-hydrogen) atoms. The van der Waals surface area contributed by atoms with Crippen molar-refractivity contribution in [2.24, 2.45) is 5.92 Å². The molecule has 0 aromatic heterocycles. The number of benzene rings is 1. The molecule has 0 radical (unpaired) electrons. The minimum Gasteiger partial charge on any atom is -0.490 e. The highest BCUT2D eigenvalue weighted by molar-refractivity contribution is 5.95. The van der Waals surface area contributed by atoms with Crippen molar-refractivity contribution in [3.63, 3.8) is 0 Å². The molecular weight excluding hydrogens is 332 g/mol. The number of piperazine rings is 1. The minimum absolute atomic E-state index is 0.00591. The number of hydrogen-bond donors (Lipinski definition) is 0. The summed E-state index contributed by atoms with van der Waals surface area (Å²) in [5.41, 5.74) is 0.616. The van der Waals surface area contributed by atoms with Crippen molar-refractivity contribution in [1.82, 2.24) is 9.80 Å². The first-order valence-electron chi connectivity index (χ1n) is 9.70. The van der Waals surface area contributed by atoms with Gasteiger partial charge in [0, 0.05) is 44.1 Å². The lowest BCUT2D eigenvalue weighted by atomic mass is 10.1. The van der Waals surface area contributed by atoms with Crippen LogP contribution >= 0.6 is 0 Å². The van der Waals surface area contributed by atoms with Gasteiger partial charge in [0.2, 0.25) is 5.91 Å². The van der Waals surface area contributed by atoms with Gasteiger partial charge in [0.15, 0.2) is 11.5 Å². The lowest BCUT2D eigenvalue weighted by molar-refractivity contribution is -0.136. The molecule has 1 saturated heterocycles. The average Bonchev–Trinajstić information content (AvgIpc) is 3.12. The van der Waals surface area contributed by atoms with Gasteiger partial charge in [-0.1, -0.05) is 12.8 Å². The fourth-order valence-corrected chi connectivity index (χ4v) is 4.04. The zero-order valence-electron chi connectivity index (χ0n) is 15.1. The van der Waals surface area contributed by atoms with Crippen LogP contribution in [0.2, 0.25) is 0 Å². The Bertz CT molecular complexity index is 676. The summed E-state index contributed by atoms with van der Waals surface area (Å²) < 4.78 is 11.3. The second-order valence-corrected chi connectivity index (χ2v) is 7.31. The number of fused-ring (bicyclic) bond motifs is 1. The molecule has 0 N–H and O–H groups in total. The molecule has 6 nitrogen and oxygen atoms in total. The summed E-state index contributed by atoms with van der Waals surface area (Å²) in [6.07, 6.45) is 5.22. The molecule has 1 aromatic carbocycles. The standard InChI is InChI=1S/C20H26N2O4/c23-19(15-4-1-2-5-15)21-8-10-22(11-9-21)20(24)16-6-7-17-18(14-16)26-13-3-12-25-17/h6-7,14-15H,1-5,8-13H2. The number of ether oxygens (including phenoxy) is 2. The van der Waals surface area contributed by atoms with Crippen LogP contribution in [0.4, 0.5) is 0 Å². The SMILES string of the molecule is O=C(c1ccc2c(c1)OCCCO2)N1CCN(C(=O)C2CCCC2)CC1. The van der Waals surface area contributed by atoms with E-state index in [1.807, 2.05) is 15.9 Å². The van der Waals surface area contributed by atoms with Gasteiger partial charge in [-0.25, -0.2) is 0 Å². The van der Waals surface area contributed by atoms with E-state index in [1.54, 1.807) is 12.1 Å². The van der Waals surface area contributed by atoms with Gasteiger partial charge in [0.1, 0.15) is 0 Å². The summed E-state index contributed by atoms with van der Waals surface area (Å²) in [6, 6.07) is 5.39. The molecule has 0 atom stereocenters. The molecule has 2 aliphatic heterocycles. The normalized spacial score (nSPS) is 20.8. The Labute approximate surface area is 154 Å². The highest BCUT2D eigenvalue weighted by Crippen LogP contribution is 2.31. The monoisotopic (exact) mass is 358 g/mol. The van der Waals surface area contributed by atoms with Crippen LogP contribution in [0.25, 0.3) is 0 Å². The fraction of sp³-hybridized carbons (Fsp3) is 0.600. The summed E-state index contributed by atoms with van der Waals surface area (Å²) in [7, 11) is 0. The third-order valence-corrected chi connectivity index (χ3v) is 5.58. The van der Waals surface area contributed by atoms with Crippen molar-refractivity contribution in [3.05, 3.63) is 23.8 Å². The van der Waals surface area contributed by atoms with Gasteiger partial charge in [0.25, 0.3) is 5.91 Å². The lowest BCUT2D eigenvalue weighted by Gasteiger charge is -2.36.